The predicted octanol–water partition coefficient (Wildman–Crippen LogP) is 3.66. The Morgan fingerprint density at radius 3 is 2.50 bits per heavy atom. The van der Waals surface area contributed by atoms with Crippen molar-refractivity contribution in [1.82, 2.24) is 4.98 Å². The van der Waals surface area contributed by atoms with Gasteiger partial charge in [0.05, 0.1) is 5.69 Å². The number of aromatic amines is 1. The Morgan fingerprint density at radius 1 is 1.29 bits per heavy atom. The molecule has 0 aliphatic heterocycles. The van der Waals surface area contributed by atoms with E-state index in [2.05, 4.69) is 9.71 Å². The molecule has 0 unspecified atom stereocenters. The van der Waals surface area contributed by atoms with Crippen LogP contribution in [0.3, 0.4) is 0 Å². The normalized spacial score (nSPS) is 14.6. The second kappa shape index (κ2) is 5.82. The average Bonchev–Trinajstić information content (AvgIpc) is 3.22. The number of aromatic nitrogens is 1. The van der Waals surface area contributed by atoms with E-state index >= 15 is 0 Å². The number of halogens is 1. The molecule has 0 saturated heterocycles. The summed E-state index contributed by atoms with van der Waals surface area (Å²) in [6, 6.07) is 5.01. The van der Waals surface area contributed by atoms with Crippen molar-refractivity contribution in [2.75, 3.05) is 4.72 Å². The molecule has 1 aromatic heterocycles. The number of carboxylic acid groups (broad SMARTS) is 1. The summed E-state index contributed by atoms with van der Waals surface area (Å²) in [6.45, 7) is 3.05. The third-order valence-corrected chi connectivity index (χ3v) is 5.95. The summed E-state index contributed by atoms with van der Waals surface area (Å²) in [6.07, 6.45) is 2.18. The second-order valence-corrected chi connectivity index (χ2v) is 8.03. The molecule has 24 heavy (non-hydrogen) atoms. The van der Waals surface area contributed by atoms with Crippen molar-refractivity contribution in [3.05, 3.63) is 45.7 Å². The fourth-order valence-electron chi connectivity index (χ4n) is 2.87. The van der Waals surface area contributed by atoms with Gasteiger partial charge in [-0.3, -0.25) is 4.72 Å². The molecule has 1 aliphatic rings. The maximum atomic E-state index is 12.7. The molecule has 128 valence electrons. The monoisotopic (exact) mass is 368 g/mol. The molecular formula is C16H17ClN2O4S. The van der Waals surface area contributed by atoms with Gasteiger partial charge >= 0.3 is 5.97 Å². The molecule has 0 atom stereocenters. The number of H-pyrrole nitrogens is 1. The number of sulfonamides is 1. The highest BCUT2D eigenvalue weighted by molar-refractivity contribution is 7.92. The number of rotatable bonds is 5. The molecule has 1 aromatic carbocycles. The molecule has 6 nitrogen and oxygen atoms in total. The van der Waals surface area contributed by atoms with Crippen LogP contribution in [0.15, 0.2) is 23.1 Å². The number of aromatic carboxylic acids is 1. The zero-order chi connectivity index (χ0) is 17.6. The number of hydrogen-bond donors (Lipinski definition) is 3. The molecule has 0 bridgehead atoms. The summed E-state index contributed by atoms with van der Waals surface area (Å²) in [7, 11) is -4.05. The first-order chi connectivity index (χ1) is 11.2. The van der Waals surface area contributed by atoms with Crippen LogP contribution < -0.4 is 4.72 Å². The first-order valence-corrected chi connectivity index (χ1v) is 9.31. The first-order valence-electron chi connectivity index (χ1n) is 7.45. The molecule has 1 saturated carbocycles. The van der Waals surface area contributed by atoms with Crippen LogP contribution in [0.5, 0.6) is 0 Å². The third-order valence-electron chi connectivity index (χ3n) is 4.07. The topological polar surface area (TPSA) is 99.3 Å². The third kappa shape index (κ3) is 3.01. The fourth-order valence-corrected chi connectivity index (χ4v) is 4.71. The van der Waals surface area contributed by atoms with Crippen LogP contribution in [0, 0.1) is 13.8 Å². The van der Waals surface area contributed by atoms with Gasteiger partial charge in [0.2, 0.25) is 0 Å². The summed E-state index contributed by atoms with van der Waals surface area (Å²) in [5, 5.41) is 9.82. The van der Waals surface area contributed by atoms with Crippen LogP contribution in [0.1, 0.15) is 46.1 Å². The number of benzene rings is 1. The van der Waals surface area contributed by atoms with Crippen molar-refractivity contribution < 1.29 is 18.3 Å². The molecule has 0 amide bonds. The van der Waals surface area contributed by atoms with Crippen molar-refractivity contribution in [3.63, 3.8) is 0 Å². The summed E-state index contributed by atoms with van der Waals surface area (Å²) in [4.78, 5) is 13.9. The van der Waals surface area contributed by atoms with Crippen LogP contribution in [-0.4, -0.2) is 24.5 Å². The second-order valence-electron chi connectivity index (χ2n) is 6.00. The van der Waals surface area contributed by atoms with Gasteiger partial charge in [0.25, 0.3) is 10.0 Å². The van der Waals surface area contributed by atoms with Crippen molar-refractivity contribution in [2.45, 2.75) is 37.5 Å². The lowest BCUT2D eigenvalue weighted by atomic mass is 10.1. The molecular weight excluding hydrogens is 352 g/mol. The van der Waals surface area contributed by atoms with Gasteiger partial charge in [-0.15, -0.1) is 0 Å². The van der Waals surface area contributed by atoms with E-state index in [1.807, 2.05) is 6.07 Å². The Morgan fingerprint density at radius 2 is 1.96 bits per heavy atom. The van der Waals surface area contributed by atoms with Gasteiger partial charge < -0.3 is 10.1 Å². The Hall–Kier alpha value is -1.99. The molecule has 0 radical (unpaired) electrons. The lowest BCUT2D eigenvalue weighted by Gasteiger charge is -2.11. The maximum Gasteiger partial charge on any atom is 0.338 e. The van der Waals surface area contributed by atoms with Crippen LogP contribution in [0.25, 0.3) is 0 Å². The Bertz CT molecular complexity index is 930. The standard InChI is InChI=1S/C16H17ClN2O4S/c1-8-14(16(20)21)15(9(2)18-8)24(22,23)19-11-5-6-12(10-3-4-10)13(17)7-11/h5-7,10,18-19H,3-4H2,1-2H3,(H,20,21). The Labute approximate surface area is 144 Å². The number of carboxylic acids is 1. The maximum absolute atomic E-state index is 12.7. The lowest BCUT2D eigenvalue weighted by Crippen LogP contribution is -2.17. The summed E-state index contributed by atoms with van der Waals surface area (Å²) in [5.41, 5.74) is 1.64. The van der Waals surface area contributed by atoms with Gasteiger partial charge in [-0.05, 0) is 50.3 Å². The summed E-state index contributed by atoms with van der Waals surface area (Å²) >= 11 is 6.22. The predicted molar refractivity (Wildman–Crippen MR) is 91.5 cm³/mol. The largest absolute Gasteiger partial charge is 0.478 e. The molecule has 3 N–H and O–H groups in total. The zero-order valence-electron chi connectivity index (χ0n) is 13.2. The highest BCUT2D eigenvalue weighted by atomic mass is 35.5. The van der Waals surface area contributed by atoms with Gasteiger partial charge in [-0.2, -0.15) is 0 Å². The Balaban J connectivity index is 1.98. The molecule has 1 aliphatic carbocycles. The summed E-state index contributed by atoms with van der Waals surface area (Å²) in [5.74, 6) is -0.837. The van der Waals surface area contributed by atoms with Gasteiger partial charge in [-0.25, -0.2) is 13.2 Å². The van der Waals surface area contributed by atoms with Crippen molar-refractivity contribution >= 4 is 33.3 Å². The van der Waals surface area contributed by atoms with Gasteiger partial charge in [0, 0.05) is 16.4 Å². The van der Waals surface area contributed by atoms with E-state index in [9.17, 15) is 18.3 Å². The SMILES string of the molecule is Cc1[nH]c(C)c(S(=O)(=O)Nc2ccc(C3CC3)c(Cl)c2)c1C(=O)O. The van der Waals surface area contributed by atoms with E-state index in [1.54, 1.807) is 12.1 Å². The van der Waals surface area contributed by atoms with Crippen LogP contribution in [-0.2, 0) is 10.0 Å². The summed E-state index contributed by atoms with van der Waals surface area (Å²) < 4.78 is 27.7. The van der Waals surface area contributed by atoms with Gasteiger partial charge in [0.1, 0.15) is 10.5 Å². The minimum Gasteiger partial charge on any atom is -0.478 e. The van der Waals surface area contributed by atoms with Crippen LogP contribution >= 0.6 is 11.6 Å². The van der Waals surface area contributed by atoms with Crippen LogP contribution in [0.4, 0.5) is 5.69 Å². The average molecular weight is 369 g/mol. The fraction of sp³-hybridized carbons (Fsp3) is 0.312. The highest BCUT2D eigenvalue weighted by Crippen LogP contribution is 2.43. The molecule has 2 aromatic rings. The molecule has 8 heteroatoms. The molecule has 3 rings (SSSR count). The number of carbonyl (C=O) groups is 1. The van der Waals surface area contributed by atoms with E-state index in [1.165, 1.54) is 13.8 Å². The first kappa shape index (κ1) is 16.9. The van der Waals surface area contributed by atoms with E-state index in [-0.39, 0.29) is 16.2 Å². The number of hydrogen-bond acceptors (Lipinski definition) is 3. The van der Waals surface area contributed by atoms with Crippen LogP contribution in [0.2, 0.25) is 5.02 Å². The minimum absolute atomic E-state index is 0.249. The van der Waals surface area contributed by atoms with E-state index in [0.717, 1.165) is 18.4 Å². The van der Waals surface area contributed by atoms with E-state index < -0.39 is 16.0 Å². The van der Waals surface area contributed by atoms with Crippen molar-refractivity contribution in [1.29, 1.82) is 0 Å². The zero-order valence-corrected chi connectivity index (χ0v) is 14.8. The van der Waals surface area contributed by atoms with Gasteiger partial charge in [0.15, 0.2) is 0 Å². The molecule has 1 fully saturated rings. The Kier molecular flexibility index (Phi) is 4.09. The van der Waals surface area contributed by atoms with Crippen molar-refractivity contribution in [3.8, 4) is 0 Å². The highest BCUT2D eigenvalue weighted by Gasteiger charge is 2.30. The molecule has 0 spiro atoms. The lowest BCUT2D eigenvalue weighted by molar-refractivity contribution is 0.0692. The smallest absolute Gasteiger partial charge is 0.338 e. The minimum atomic E-state index is -4.05. The quantitative estimate of drug-likeness (QED) is 0.749. The van der Waals surface area contributed by atoms with Gasteiger partial charge in [-0.1, -0.05) is 17.7 Å². The van der Waals surface area contributed by atoms with E-state index in [4.69, 9.17) is 11.6 Å². The van der Waals surface area contributed by atoms with Crippen molar-refractivity contribution in [2.24, 2.45) is 0 Å². The van der Waals surface area contributed by atoms with E-state index in [0.29, 0.717) is 22.3 Å². The number of aryl methyl sites for hydroxylation is 2. The molecule has 1 heterocycles. The number of anilines is 1. The number of nitrogens with one attached hydrogen (secondary N) is 2.